The Labute approximate surface area is 108 Å². The summed E-state index contributed by atoms with van der Waals surface area (Å²) in [6, 6.07) is 0. The highest BCUT2D eigenvalue weighted by molar-refractivity contribution is 5.77. The average molecular weight is 257 g/mol. The van der Waals surface area contributed by atoms with Gasteiger partial charge in [0.2, 0.25) is 5.91 Å². The van der Waals surface area contributed by atoms with E-state index in [1.165, 1.54) is 0 Å². The fourth-order valence-electron chi connectivity index (χ4n) is 2.53. The van der Waals surface area contributed by atoms with E-state index in [-0.39, 0.29) is 24.2 Å². The summed E-state index contributed by atoms with van der Waals surface area (Å²) in [5, 5.41) is 8.94. The molecule has 0 aromatic carbocycles. The monoisotopic (exact) mass is 257 g/mol. The number of carboxylic acid groups (broad SMARTS) is 1. The van der Waals surface area contributed by atoms with Gasteiger partial charge in [0.05, 0.1) is 13.0 Å². The van der Waals surface area contributed by atoms with Crippen LogP contribution >= 0.6 is 0 Å². The van der Waals surface area contributed by atoms with E-state index in [0.717, 1.165) is 25.7 Å². The summed E-state index contributed by atoms with van der Waals surface area (Å²) >= 11 is 0. The van der Waals surface area contributed by atoms with Crippen LogP contribution in [0.4, 0.5) is 0 Å². The first-order valence-electron chi connectivity index (χ1n) is 6.56. The summed E-state index contributed by atoms with van der Waals surface area (Å²) in [5.41, 5.74) is 2.04. The van der Waals surface area contributed by atoms with Crippen LogP contribution in [-0.4, -0.2) is 23.6 Å². The van der Waals surface area contributed by atoms with E-state index in [9.17, 15) is 9.59 Å². The molecule has 1 rings (SSSR count). The second kappa shape index (κ2) is 6.73. The zero-order valence-electron chi connectivity index (χ0n) is 11.2. The first kappa shape index (κ1) is 15.0. The smallest absolute Gasteiger partial charge is 0.303 e. The Morgan fingerprint density at radius 1 is 1.28 bits per heavy atom. The van der Waals surface area contributed by atoms with Crippen LogP contribution in [0, 0.1) is 11.3 Å². The van der Waals surface area contributed by atoms with Crippen LogP contribution in [0.5, 0.6) is 0 Å². The van der Waals surface area contributed by atoms with E-state index < -0.39 is 5.97 Å². The molecule has 0 radical (unpaired) electrons. The molecule has 0 unspecified atom stereocenters. The molecule has 0 atom stereocenters. The van der Waals surface area contributed by atoms with Crippen molar-refractivity contribution in [3.8, 4) is 0 Å². The van der Waals surface area contributed by atoms with Crippen molar-refractivity contribution in [3.05, 3.63) is 0 Å². The number of nitrogens with one attached hydrogen (secondary N) is 1. The van der Waals surface area contributed by atoms with Gasteiger partial charge in [-0.1, -0.05) is 26.7 Å². The molecule has 0 spiro atoms. The minimum Gasteiger partial charge on any atom is -0.481 e. The lowest BCUT2D eigenvalue weighted by atomic mass is 9.79. The van der Waals surface area contributed by atoms with Gasteiger partial charge in [0.15, 0.2) is 0 Å². The van der Waals surface area contributed by atoms with Gasteiger partial charge < -0.3 is 5.11 Å². The fourth-order valence-corrected chi connectivity index (χ4v) is 2.53. The molecule has 1 aliphatic rings. The van der Waals surface area contributed by atoms with Gasteiger partial charge in [-0.05, 0) is 24.2 Å². The molecule has 0 aromatic rings. The summed E-state index contributed by atoms with van der Waals surface area (Å²) in [6.45, 7) is 4.46. The number of hydroxylamine groups is 1. The predicted molar refractivity (Wildman–Crippen MR) is 66.7 cm³/mol. The van der Waals surface area contributed by atoms with Crippen LogP contribution in [0.1, 0.15) is 52.4 Å². The number of hydrogen-bond donors (Lipinski definition) is 2. The summed E-state index contributed by atoms with van der Waals surface area (Å²) < 4.78 is 0. The number of carbonyl (C=O) groups excluding carboxylic acids is 1. The molecule has 1 aliphatic carbocycles. The molecule has 18 heavy (non-hydrogen) atoms. The Kier molecular flexibility index (Phi) is 5.59. The number of carbonyl (C=O) groups is 2. The van der Waals surface area contributed by atoms with Crippen LogP contribution in [0.25, 0.3) is 0 Å². The van der Waals surface area contributed by atoms with E-state index in [1.54, 1.807) is 0 Å². The standard InChI is InChI=1S/C13H23NO4/c1-10(2)9-18-14-11(15)7-13(8-12(16)17)5-3-4-6-13/h10H,3-9H2,1-2H3,(H,14,15)(H,16,17). The molecule has 104 valence electrons. The molecule has 0 aromatic heterocycles. The third-order valence-corrected chi connectivity index (χ3v) is 3.33. The highest BCUT2D eigenvalue weighted by atomic mass is 16.6. The highest BCUT2D eigenvalue weighted by Crippen LogP contribution is 2.43. The maximum Gasteiger partial charge on any atom is 0.303 e. The van der Waals surface area contributed by atoms with E-state index in [2.05, 4.69) is 5.48 Å². The lowest BCUT2D eigenvalue weighted by Crippen LogP contribution is -2.32. The van der Waals surface area contributed by atoms with Crippen molar-refractivity contribution >= 4 is 11.9 Å². The summed E-state index contributed by atoms with van der Waals surface area (Å²) in [4.78, 5) is 27.7. The van der Waals surface area contributed by atoms with Gasteiger partial charge >= 0.3 is 5.97 Å². The molecule has 0 bridgehead atoms. The van der Waals surface area contributed by atoms with Crippen LogP contribution in [0.2, 0.25) is 0 Å². The second-order valence-electron chi connectivity index (χ2n) is 5.68. The zero-order valence-corrected chi connectivity index (χ0v) is 11.2. The molecule has 5 nitrogen and oxygen atoms in total. The second-order valence-corrected chi connectivity index (χ2v) is 5.68. The summed E-state index contributed by atoms with van der Waals surface area (Å²) in [5.74, 6) is -0.684. The van der Waals surface area contributed by atoms with Gasteiger partial charge in [0.1, 0.15) is 0 Å². The SMILES string of the molecule is CC(C)CONC(=O)CC1(CC(=O)O)CCCC1. The zero-order chi connectivity index (χ0) is 13.6. The third kappa shape index (κ3) is 5.04. The van der Waals surface area contributed by atoms with Gasteiger partial charge in [-0.3, -0.25) is 14.4 Å². The Balaban J connectivity index is 2.41. The molecule has 5 heteroatoms. The Morgan fingerprint density at radius 3 is 2.39 bits per heavy atom. The molecule has 0 heterocycles. The van der Waals surface area contributed by atoms with Crippen LogP contribution in [0.3, 0.4) is 0 Å². The van der Waals surface area contributed by atoms with Crippen LogP contribution in [0.15, 0.2) is 0 Å². The predicted octanol–water partition coefficient (Wildman–Crippen LogP) is 2.12. The number of hydrogen-bond acceptors (Lipinski definition) is 3. The number of rotatable bonds is 7. The van der Waals surface area contributed by atoms with Crippen molar-refractivity contribution in [2.75, 3.05) is 6.61 Å². The molecular formula is C13H23NO4. The Morgan fingerprint density at radius 2 is 1.89 bits per heavy atom. The van der Waals surface area contributed by atoms with E-state index in [0.29, 0.717) is 12.5 Å². The van der Waals surface area contributed by atoms with Crippen molar-refractivity contribution in [1.82, 2.24) is 5.48 Å². The molecule has 1 saturated carbocycles. The third-order valence-electron chi connectivity index (χ3n) is 3.33. The lowest BCUT2D eigenvalue weighted by Gasteiger charge is -2.26. The highest BCUT2D eigenvalue weighted by Gasteiger charge is 2.38. The Hall–Kier alpha value is -1.10. The number of carboxylic acids is 1. The summed E-state index contributed by atoms with van der Waals surface area (Å²) in [7, 11) is 0. The number of aliphatic carboxylic acids is 1. The first-order valence-corrected chi connectivity index (χ1v) is 6.56. The van der Waals surface area contributed by atoms with E-state index in [4.69, 9.17) is 9.94 Å². The fraction of sp³-hybridized carbons (Fsp3) is 0.846. The van der Waals surface area contributed by atoms with Gasteiger partial charge in [-0.2, -0.15) is 0 Å². The topological polar surface area (TPSA) is 75.6 Å². The lowest BCUT2D eigenvalue weighted by molar-refractivity contribution is -0.142. The quantitative estimate of drug-likeness (QED) is 0.685. The largest absolute Gasteiger partial charge is 0.481 e. The molecule has 0 aliphatic heterocycles. The number of amides is 1. The molecular weight excluding hydrogens is 234 g/mol. The van der Waals surface area contributed by atoms with Gasteiger partial charge in [-0.15, -0.1) is 0 Å². The molecule has 0 saturated heterocycles. The van der Waals surface area contributed by atoms with Crippen LogP contribution in [-0.2, 0) is 14.4 Å². The average Bonchev–Trinajstić information content (AvgIpc) is 2.64. The first-order chi connectivity index (χ1) is 8.43. The van der Waals surface area contributed by atoms with Crippen molar-refractivity contribution in [3.63, 3.8) is 0 Å². The molecule has 1 fully saturated rings. The van der Waals surface area contributed by atoms with E-state index >= 15 is 0 Å². The Bertz CT molecular complexity index is 295. The van der Waals surface area contributed by atoms with Gasteiger partial charge in [0, 0.05) is 6.42 Å². The van der Waals surface area contributed by atoms with Gasteiger partial charge in [0.25, 0.3) is 0 Å². The maximum atomic E-state index is 11.7. The van der Waals surface area contributed by atoms with E-state index in [1.807, 2.05) is 13.8 Å². The molecule has 2 N–H and O–H groups in total. The molecule has 1 amide bonds. The minimum atomic E-state index is -0.826. The van der Waals surface area contributed by atoms with Crippen LogP contribution < -0.4 is 5.48 Å². The maximum absolute atomic E-state index is 11.7. The van der Waals surface area contributed by atoms with Crippen molar-refractivity contribution in [1.29, 1.82) is 0 Å². The summed E-state index contributed by atoms with van der Waals surface area (Å²) in [6.07, 6.45) is 3.97. The van der Waals surface area contributed by atoms with Crippen molar-refractivity contribution in [2.24, 2.45) is 11.3 Å². The van der Waals surface area contributed by atoms with Crippen molar-refractivity contribution < 1.29 is 19.5 Å². The minimum absolute atomic E-state index is 0.0740. The normalized spacial score (nSPS) is 17.9. The van der Waals surface area contributed by atoms with Crippen molar-refractivity contribution in [2.45, 2.75) is 52.4 Å². The van der Waals surface area contributed by atoms with Gasteiger partial charge in [-0.25, -0.2) is 5.48 Å².